The van der Waals surface area contributed by atoms with Crippen LogP contribution in [-0.2, 0) is 14.3 Å². The highest BCUT2D eigenvalue weighted by molar-refractivity contribution is 6.46. The number of likely N-dealkylation sites (tertiary alicyclic amines) is 1. The van der Waals surface area contributed by atoms with E-state index in [1.807, 2.05) is 26.0 Å². The predicted octanol–water partition coefficient (Wildman–Crippen LogP) is 2.77. The van der Waals surface area contributed by atoms with Crippen LogP contribution in [0.5, 0.6) is 0 Å². The molecule has 0 bridgehead atoms. The normalized spacial score (nSPS) is 18.9. The number of aliphatic hydroxyl groups is 1. The number of rotatable bonds is 5. The van der Waals surface area contributed by atoms with Crippen molar-refractivity contribution in [3.05, 3.63) is 70.6 Å². The molecule has 1 aliphatic rings. The Morgan fingerprint density at radius 2 is 2.00 bits per heavy atom. The zero-order valence-electron chi connectivity index (χ0n) is 15.6. The van der Waals surface area contributed by atoms with E-state index in [2.05, 4.69) is 4.98 Å². The number of hydrogen-bond acceptors (Lipinski definition) is 5. The Labute approximate surface area is 158 Å². The monoisotopic (exact) mass is 366 g/mol. The van der Waals surface area contributed by atoms with Crippen LogP contribution in [-0.4, -0.2) is 46.9 Å². The molecule has 2 aromatic rings. The van der Waals surface area contributed by atoms with E-state index in [9.17, 15) is 14.7 Å². The fraction of sp³-hybridized carbons (Fsp3) is 0.286. The Hall–Kier alpha value is -2.99. The van der Waals surface area contributed by atoms with Crippen molar-refractivity contribution in [1.82, 2.24) is 9.88 Å². The quantitative estimate of drug-likeness (QED) is 0.500. The van der Waals surface area contributed by atoms with E-state index in [1.165, 1.54) is 12.0 Å². The fourth-order valence-corrected chi connectivity index (χ4v) is 3.23. The van der Waals surface area contributed by atoms with Gasteiger partial charge in [-0.05, 0) is 42.7 Å². The first-order chi connectivity index (χ1) is 13.0. The maximum atomic E-state index is 12.8. The molecule has 1 aromatic carbocycles. The average Bonchev–Trinajstić information content (AvgIpc) is 2.93. The van der Waals surface area contributed by atoms with Crippen molar-refractivity contribution in [2.24, 2.45) is 0 Å². The van der Waals surface area contributed by atoms with Gasteiger partial charge in [-0.3, -0.25) is 14.6 Å². The van der Waals surface area contributed by atoms with Crippen LogP contribution >= 0.6 is 0 Å². The minimum absolute atomic E-state index is 0.0763. The standard InChI is InChI=1S/C21H22N2O4/c1-13-6-7-15(11-14(13)2)19(24)17-18(16-5-4-8-22-12-16)23(9-10-27-3)21(26)20(17)25/h4-8,11-12,18,24H,9-10H2,1-3H3/b19-17-. The average molecular weight is 366 g/mol. The van der Waals surface area contributed by atoms with Crippen LogP contribution < -0.4 is 0 Å². The molecule has 27 heavy (non-hydrogen) atoms. The molecule has 0 saturated carbocycles. The van der Waals surface area contributed by atoms with Gasteiger partial charge in [-0.1, -0.05) is 18.2 Å². The lowest BCUT2D eigenvalue weighted by Gasteiger charge is -2.24. The lowest BCUT2D eigenvalue weighted by atomic mass is 9.95. The van der Waals surface area contributed by atoms with Crippen LogP contribution in [0.15, 0.2) is 48.3 Å². The van der Waals surface area contributed by atoms with Gasteiger partial charge in [0.15, 0.2) is 0 Å². The van der Waals surface area contributed by atoms with Crippen LogP contribution in [0.4, 0.5) is 0 Å². The van der Waals surface area contributed by atoms with Crippen molar-refractivity contribution in [2.45, 2.75) is 19.9 Å². The van der Waals surface area contributed by atoms with Gasteiger partial charge < -0.3 is 14.7 Å². The van der Waals surface area contributed by atoms with Gasteiger partial charge in [-0.2, -0.15) is 0 Å². The molecule has 1 N–H and O–H groups in total. The smallest absolute Gasteiger partial charge is 0.295 e. The van der Waals surface area contributed by atoms with E-state index in [4.69, 9.17) is 4.74 Å². The molecule has 0 spiro atoms. The van der Waals surface area contributed by atoms with Crippen molar-refractivity contribution >= 4 is 17.4 Å². The molecule has 140 valence electrons. The zero-order chi connectivity index (χ0) is 19.6. The van der Waals surface area contributed by atoms with Crippen molar-refractivity contribution < 1.29 is 19.4 Å². The summed E-state index contributed by atoms with van der Waals surface area (Å²) in [5, 5.41) is 10.9. The Morgan fingerprint density at radius 1 is 1.22 bits per heavy atom. The SMILES string of the molecule is COCCN1C(=O)C(=O)/C(=C(\O)c2ccc(C)c(C)c2)C1c1cccnc1. The highest BCUT2D eigenvalue weighted by Crippen LogP contribution is 2.39. The summed E-state index contributed by atoms with van der Waals surface area (Å²) in [5.74, 6) is -1.52. The van der Waals surface area contributed by atoms with E-state index in [0.29, 0.717) is 11.1 Å². The van der Waals surface area contributed by atoms with Crippen molar-refractivity contribution in [3.63, 3.8) is 0 Å². The van der Waals surface area contributed by atoms with Crippen molar-refractivity contribution in [3.8, 4) is 0 Å². The number of Topliss-reactive ketones (excluding diaryl/α,β-unsaturated/α-hetero) is 1. The Balaban J connectivity index is 2.16. The molecule has 1 unspecified atom stereocenters. The number of hydrogen-bond donors (Lipinski definition) is 1. The highest BCUT2D eigenvalue weighted by atomic mass is 16.5. The Bertz CT molecular complexity index is 906. The summed E-state index contributed by atoms with van der Waals surface area (Å²) < 4.78 is 5.08. The van der Waals surface area contributed by atoms with Crippen LogP contribution in [0.3, 0.4) is 0 Å². The first-order valence-corrected chi connectivity index (χ1v) is 8.70. The molecule has 1 aromatic heterocycles. The third kappa shape index (κ3) is 3.48. The van der Waals surface area contributed by atoms with E-state index in [0.717, 1.165) is 11.1 Å². The third-order valence-electron chi connectivity index (χ3n) is 4.86. The number of aryl methyl sites for hydroxylation is 2. The summed E-state index contributed by atoms with van der Waals surface area (Å²) in [6.45, 7) is 4.43. The number of methoxy groups -OCH3 is 1. The van der Waals surface area contributed by atoms with Gasteiger partial charge in [0.2, 0.25) is 0 Å². The zero-order valence-corrected chi connectivity index (χ0v) is 15.6. The fourth-order valence-electron chi connectivity index (χ4n) is 3.23. The number of aliphatic hydroxyl groups excluding tert-OH is 1. The number of ether oxygens (including phenoxy) is 1. The van der Waals surface area contributed by atoms with Gasteiger partial charge in [0.05, 0.1) is 18.2 Å². The van der Waals surface area contributed by atoms with Gasteiger partial charge in [-0.25, -0.2) is 0 Å². The number of pyridine rings is 1. The third-order valence-corrected chi connectivity index (χ3v) is 4.86. The number of aromatic nitrogens is 1. The first kappa shape index (κ1) is 18.8. The second-order valence-electron chi connectivity index (χ2n) is 6.57. The van der Waals surface area contributed by atoms with E-state index < -0.39 is 17.7 Å². The number of carbonyl (C=O) groups excluding carboxylic acids is 2. The van der Waals surface area contributed by atoms with Gasteiger partial charge in [0, 0.05) is 31.6 Å². The van der Waals surface area contributed by atoms with E-state index >= 15 is 0 Å². The molecule has 1 saturated heterocycles. The maximum Gasteiger partial charge on any atom is 0.295 e. The summed E-state index contributed by atoms with van der Waals surface area (Å²) in [6, 6.07) is 8.27. The molecular formula is C21H22N2O4. The topological polar surface area (TPSA) is 79.7 Å². The molecule has 0 radical (unpaired) electrons. The number of amides is 1. The van der Waals surface area contributed by atoms with Crippen LogP contribution in [0.25, 0.3) is 5.76 Å². The highest BCUT2D eigenvalue weighted by Gasteiger charge is 2.45. The predicted molar refractivity (Wildman–Crippen MR) is 101 cm³/mol. The van der Waals surface area contributed by atoms with Crippen LogP contribution in [0.2, 0.25) is 0 Å². The minimum atomic E-state index is -0.699. The summed E-state index contributed by atoms with van der Waals surface area (Å²) in [4.78, 5) is 30.9. The van der Waals surface area contributed by atoms with E-state index in [-0.39, 0.29) is 24.5 Å². The molecule has 6 heteroatoms. The molecule has 1 atom stereocenters. The lowest BCUT2D eigenvalue weighted by molar-refractivity contribution is -0.140. The van der Waals surface area contributed by atoms with Gasteiger partial charge in [0.25, 0.3) is 11.7 Å². The molecule has 1 aliphatic heterocycles. The Morgan fingerprint density at radius 3 is 2.63 bits per heavy atom. The van der Waals surface area contributed by atoms with Gasteiger partial charge in [-0.15, -0.1) is 0 Å². The number of nitrogens with zero attached hydrogens (tertiary/aromatic N) is 2. The van der Waals surface area contributed by atoms with Crippen molar-refractivity contribution in [2.75, 3.05) is 20.3 Å². The van der Waals surface area contributed by atoms with Crippen molar-refractivity contribution in [1.29, 1.82) is 0 Å². The Kier molecular flexibility index (Phi) is 5.37. The molecular weight excluding hydrogens is 344 g/mol. The number of ketones is 1. The summed E-state index contributed by atoms with van der Waals surface area (Å²) in [6.07, 6.45) is 3.22. The van der Waals surface area contributed by atoms with Gasteiger partial charge >= 0.3 is 0 Å². The van der Waals surface area contributed by atoms with Gasteiger partial charge in [0.1, 0.15) is 5.76 Å². The summed E-state index contributed by atoms with van der Waals surface area (Å²) in [5.41, 5.74) is 3.32. The van der Waals surface area contributed by atoms with Crippen LogP contribution in [0, 0.1) is 13.8 Å². The number of benzene rings is 1. The molecule has 3 rings (SSSR count). The minimum Gasteiger partial charge on any atom is -0.507 e. The summed E-state index contributed by atoms with van der Waals surface area (Å²) >= 11 is 0. The summed E-state index contributed by atoms with van der Waals surface area (Å²) in [7, 11) is 1.53. The molecule has 0 aliphatic carbocycles. The lowest BCUT2D eigenvalue weighted by Crippen LogP contribution is -2.32. The van der Waals surface area contributed by atoms with Crippen LogP contribution in [0.1, 0.15) is 28.3 Å². The number of carbonyl (C=O) groups is 2. The molecule has 1 amide bonds. The molecule has 1 fully saturated rings. The maximum absolute atomic E-state index is 12.8. The van der Waals surface area contributed by atoms with E-state index in [1.54, 1.807) is 30.6 Å². The largest absolute Gasteiger partial charge is 0.507 e. The molecule has 2 heterocycles. The second kappa shape index (κ2) is 7.72. The molecule has 6 nitrogen and oxygen atoms in total. The first-order valence-electron chi connectivity index (χ1n) is 8.70. The second-order valence-corrected chi connectivity index (χ2v) is 6.57.